The Kier molecular flexibility index (Phi) is 1.76. The number of aryl methyl sites for hydroxylation is 1. The molecule has 0 bridgehead atoms. The van der Waals surface area contributed by atoms with Gasteiger partial charge in [-0.05, 0) is 47.7 Å². The third-order valence-corrected chi connectivity index (χ3v) is 3.06. The molecule has 0 unspecified atom stereocenters. The summed E-state index contributed by atoms with van der Waals surface area (Å²) in [5, 5.41) is 11.3. The molecule has 2 heterocycles. The van der Waals surface area contributed by atoms with Gasteiger partial charge >= 0.3 is 0 Å². The van der Waals surface area contributed by atoms with Crippen molar-refractivity contribution in [1.82, 2.24) is 20.0 Å². The molecule has 2 aromatic rings. The Bertz CT molecular complexity index is 485. The highest BCUT2D eigenvalue weighted by Crippen LogP contribution is 2.36. The summed E-state index contributed by atoms with van der Waals surface area (Å²) in [4.78, 5) is 0. The Hall–Kier alpha value is -1.49. The maximum Gasteiger partial charge on any atom is 0.179 e. The Balaban J connectivity index is 1.78. The quantitative estimate of drug-likeness (QED) is 0.790. The number of aromatic nitrogens is 4. The molecule has 2 N–H and O–H groups in total. The summed E-state index contributed by atoms with van der Waals surface area (Å²) in [5.41, 5.74) is 8.19. The van der Waals surface area contributed by atoms with Crippen LogP contribution in [0.15, 0.2) is 18.3 Å². The lowest BCUT2D eigenvalue weighted by molar-refractivity contribution is 0.607. The highest BCUT2D eigenvalue weighted by atomic mass is 15.5. The number of tetrazole rings is 1. The second kappa shape index (κ2) is 3.00. The smallest absolute Gasteiger partial charge is 0.179 e. The predicted molar refractivity (Wildman–Crippen MR) is 55.3 cm³/mol. The first kappa shape index (κ1) is 8.79. The largest absolute Gasteiger partial charge is 0.325 e. The minimum absolute atomic E-state index is 0.121. The van der Waals surface area contributed by atoms with Crippen molar-refractivity contribution in [1.29, 1.82) is 0 Å². The van der Waals surface area contributed by atoms with Crippen molar-refractivity contribution in [3.63, 3.8) is 0 Å². The van der Waals surface area contributed by atoms with E-state index in [1.807, 2.05) is 12.3 Å². The topological polar surface area (TPSA) is 69.1 Å². The number of fused-ring (bicyclic) bond motifs is 1. The van der Waals surface area contributed by atoms with Gasteiger partial charge in [0.15, 0.2) is 5.65 Å². The highest BCUT2D eigenvalue weighted by Gasteiger charge is 2.37. The lowest BCUT2D eigenvalue weighted by Gasteiger charge is -2.07. The zero-order valence-electron chi connectivity index (χ0n) is 8.43. The lowest BCUT2D eigenvalue weighted by atomic mass is 10.1. The molecular weight excluding hydrogens is 190 g/mol. The van der Waals surface area contributed by atoms with Crippen LogP contribution in [0.3, 0.4) is 0 Å². The molecule has 5 heteroatoms. The molecule has 0 atom stereocenters. The van der Waals surface area contributed by atoms with E-state index in [0.29, 0.717) is 0 Å². The summed E-state index contributed by atoms with van der Waals surface area (Å²) in [7, 11) is 0. The van der Waals surface area contributed by atoms with E-state index >= 15 is 0 Å². The van der Waals surface area contributed by atoms with Gasteiger partial charge in [-0.25, -0.2) is 4.52 Å². The number of pyridine rings is 1. The van der Waals surface area contributed by atoms with E-state index in [0.717, 1.165) is 18.5 Å². The molecule has 0 aliphatic heterocycles. The van der Waals surface area contributed by atoms with Crippen LogP contribution in [0.5, 0.6) is 0 Å². The second-order valence-corrected chi connectivity index (χ2v) is 4.38. The zero-order valence-corrected chi connectivity index (χ0v) is 8.43. The monoisotopic (exact) mass is 203 g/mol. The third kappa shape index (κ3) is 1.70. The van der Waals surface area contributed by atoms with Gasteiger partial charge in [0.05, 0.1) is 0 Å². The molecule has 0 saturated heterocycles. The van der Waals surface area contributed by atoms with Crippen molar-refractivity contribution >= 4 is 5.65 Å². The van der Waals surface area contributed by atoms with E-state index in [9.17, 15) is 0 Å². The number of hydrogen-bond acceptors (Lipinski definition) is 4. The first-order valence-corrected chi connectivity index (χ1v) is 5.21. The van der Waals surface area contributed by atoms with E-state index in [1.165, 1.54) is 18.4 Å². The Morgan fingerprint density at radius 1 is 1.40 bits per heavy atom. The highest BCUT2D eigenvalue weighted by molar-refractivity contribution is 5.36. The molecular formula is C10H13N5. The fourth-order valence-corrected chi connectivity index (χ4v) is 1.74. The molecule has 2 aromatic heterocycles. The molecule has 15 heavy (non-hydrogen) atoms. The molecule has 1 fully saturated rings. The van der Waals surface area contributed by atoms with Crippen molar-refractivity contribution in [2.45, 2.75) is 31.2 Å². The van der Waals surface area contributed by atoms with Gasteiger partial charge in [-0.3, -0.25) is 0 Å². The van der Waals surface area contributed by atoms with E-state index < -0.39 is 0 Å². The lowest BCUT2D eigenvalue weighted by Crippen LogP contribution is -2.22. The number of rotatable bonds is 3. The van der Waals surface area contributed by atoms with Gasteiger partial charge in [0.1, 0.15) is 0 Å². The van der Waals surface area contributed by atoms with Gasteiger partial charge in [0.2, 0.25) is 0 Å². The Morgan fingerprint density at radius 3 is 3.07 bits per heavy atom. The summed E-state index contributed by atoms with van der Waals surface area (Å²) in [6.07, 6.45) is 6.37. The molecule has 0 aromatic carbocycles. The normalized spacial score (nSPS) is 18.2. The van der Waals surface area contributed by atoms with Crippen LogP contribution in [0.25, 0.3) is 5.65 Å². The fraction of sp³-hybridized carbons (Fsp3) is 0.500. The molecule has 3 rings (SSSR count). The molecule has 0 amide bonds. The van der Waals surface area contributed by atoms with Gasteiger partial charge in [-0.1, -0.05) is 6.07 Å². The summed E-state index contributed by atoms with van der Waals surface area (Å²) in [6.45, 7) is 0. The van der Waals surface area contributed by atoms with Gasteiger partial charge in [0, 0.05) is 11.7 Å². The van der Waals surface area contributed by atoms with Gasteiger partial charge in [-0.2, -0.15) is 0 Å². The molecule has 1 saturated carbocycles. The summed E-state index contributed by atoms with van der Waals surface area (Å²) < 4.78 is 1.70. The molecule has 1 aliphatic rings. The third-order valence-electron chi connectivity index (χ3n) is 3.06. The van der Waals surface area contributed by atoms with Crippen molar-refractivity contribution in [2.75, 3.05) is 0 Å². The first-order valence-electron chi connectivity index (χ1n) is 5.21. The van der Waals surface area contributed by atoms with E-state index in [2.05, 4.69) is 21.6 Å². The SMILES string of the molecule is NC1(CCc2ccc3nnnn3c2)CC1. The van der Waals surface area contributed by atoms with Crippen LogP contribution in [0.4, 0.5) is 0 Å². The van der Waals surface area contributed by atoms with Crippen molar-refractivity contribution in [3.05, 3.63) is 23.9 Å². The zero-order chi connectivity index (χ0) is 10.3. The molecule has 0 spiro atoms. The maximum atomic E-state index is 6.04. The number of nitrogens with zero attached hydrogens (tertiary/aromatic N) is 4. The van der Waals surface area contributed by atoms with Crippen molar-refractivity contribution in [2.24, 2.45) is 5.73 Å². The van der Waals surface area contributed by atoms with Gasteiger partial charge < -0.3 is 5.73 Å². The summed E-state index contributed by atoms with van der Waals surface area (Å²) >= 11 is 0. The van der Waals surface area contributed by atoms with Gasteiger partial charge in [0.25, 0.3) is 0 Å². The molecule has 1 aliphatic carbocycles. The van der Waals surface area contributed by atoms with E-state index in [4.69, 9.17) is 5.73 Å². The van der Waals surface area contributed by atoms with Crippen LogP contribution in [0.1, 0.15) is 24.8 Å². The Labute approximate surface area is 87.3 Å². The standard InChI is InChI=1S/C10H13N5/c11-10(5-6-10)4-3-8-1-2-9-12-13-14-15(9)7-8/h1-2,7H,3-6,11H2. The molecule has 5 nitrogen and oxygen atoms in total. The van der Waals surface area contributed by atoms with Crippen LogP contribution in [0.2, 0.25) is 0 Å². The second-order valence-electron chi connectivity index (χ2n) is 4.38. The van der Waals surface area contributed by atoms with Crippen molar-refractivity contribution < 1.29 is 0 Å². The molecule has 78 valence electrons. The average molecular weight is 203 g/mol. The van der Waals surface area contributed by atoms with Crippen LogP contribution in [-0.2, 0) is 6.42 Å². The fourth-order valence-electron chi connectivity index (χ4n) is 1.74. The number of hydrogen-bond donors (Lipinski definition) is 1. The minimum Gasteiger partial charge on any atom is -0.325 e. The van der Waals surface area contributed by atoms with Crippen molar-refractivity contribution in [3.8, 4) is 0 Å². The average Bonchev–Trinajstić information content (AvgIpc) is 2.80. The van der Waals surface area contributed by atoms with E-state index in [1.54, 1.807) is 4.52 Å². The van der Waals surface area contributed by atoms with Crippen LogP contribution in [-0.4, -0.2) is 25.6 Å². The Morgan fingerprint density at radius 2 is 2.27 bits per heavy atom. The van der Waals surface area contributed by atoms with E-state index in [-0.39, 0.29) is 5.54 Å². The van der Waals surface area contributed by atoms with Gasteiger partial charge in [-0.15, -0.1) is 5.10 Å². The molecule has 0 radical (unpaired) electrons. The summed E-state index contributed by atoms with van der Waals surface area (Å²) in [6, 6.07) is 4.00. The number of nitrogens with two attached hydrogens (primary N) is 1. The predicted octanol–water partition coefficient (Wildman–Crippen LogP) is 0.548. The summed E-state index contributed by atoms with van der Waals surface area (Å²) in [5.74, 6) is 0. The minimum atomic E-state index is 0.121. The van der Waals surface area contributed by atoms with Crippen LogP contribution >= 0.6 is 0 Å². The van der Waals surface area contributed by atoms with Crippen LogP contribution in [0, 0.1) is 0 Å². The van der Waals surface area contributed by atoms with Crippen LogP contribution < -0.4 is 5.73 Å². The first-order chi connectivity index (χ1) is 7.25. The maximum absolute atomic E-state index is 6.04.